The number of hydrogen-bond donors (Lipinski definition) is 0. The van der Waals surface area contributed by atoms with Crippen molar-refractivity contribution in [2.75, 3.05) is 20.8 Å². The number of benzene rings is 3. The molecule has 0 N–H and O–H groups in total. The highest BCUT2D eigenvalue weighted by Gasteiger charge is 2.18. The van der Waals surface area contributed by atoms with E-state index < -0.39 is 5.97 Å². The number of methoxy groups -OCH3 is 2. The number of Topliss-reactive ketones (excluding diaryl/α,β-unsaturated/α-hetero) is 1. The fraction of sp³-hybridized carbons (Fsp3) is 0.167. The zero-order chi connectivity index (χ0) is 21.1. The topological polar surface area (TPSA) is 75.0 Å². The number of carbonyl (C=O) groups is 2. The molecule has 6 heteroatoms. The predicted molar refractivity (Wildman–Crippen MR) is 112 cm³/mol. The molecule has 0 spiro atoms. The summed E-state index contributed by atoms with van der Waals surface area (Å²) >= 11 is 0. The van der Waals surface area contributed by atoms with Crippen molar-refractivity contribution in [3.63, 3.8) is 0 Å². The summed E-state index contributed by atoms with van der Waals surface area (Å²) in [5.74, 6) is 0.0685. The van der Waals surface area contributed by atoms with E-state index in [-0.39, 0.29) is 18.8 Å². The van der Waals surface area contributed by atoms with E-state index in [2.05, 4.69) is 0 Å². The number of esters is 1. The van der Waals surface area contributed by atoms with Gasteiger partial charge in [-0.25, -0.2) is 0 Å². The van der Waals surface area contributed by atoms with E-state index in [1.54, 1.807) is 24.5 Å². The van der Waals surface area contributed by atoms with Gasteiger partial charge in [-0.15, -0.1) is 0 Å². The van der Waals surface area contributed by atoms with Gasteiger partial charge in [-0.3, -0.25) is 9.59 Å². The van der Waals surface area contributed by atoms with E-state index in [1.165, 1.54) is 14.2 Å². The highest BCUT2D eigenvalue weighted by molar-refractivity contribution is 6.08. The van der Waals surface area contributed by atoms with Crippen molar-refractivity contribution in [1.82, 2.24) is 0 Å². The fourth-order valence-electron chi connectivity index (χ4n) is 3.46. The second-order valence-corrected chi connectivity index (χ2v) is 6.75. The minimum Gasteiger partial charge on any atom is -0.497 e. The van der Waals surface area contributed by atoms with E-state index >= 15 is 0 Å². The number of ketones is 1. The van der Waals surface area contributed by atoms with Crippen LogP contribution in [0, 0.1) is 0 Å². The third-order valence-electron chi connectivity index (χ3n) is 4.95. The maximum absolute atomic E-state index is 12.5. The molecule has 0 aliphatic carbocycles. The lowest BCUT2D eigenvalue weighted by Gasteiger charge is -2.10. The highest BCUT2D eigenvalue weighted by Crippen LogP contribution is 2.30. The molecule has 30 heavy (non-hydrogen) atoms. The van der Waals surface area contributed by atoms with Crippen LogP contribution in [0.4, 0.5) is 0 Å². The van der Waals surface area contributed by atoms with Crippen LogP contribution in [0.25, 0.3) is 21.7 Å². The monoisotopic (exact) mass is 404 g/mol. The summed E-state index contributed by atoms with van der Waals surface area (Å²) in [6.45, 7) is -0.377. The van der Waals surface area contributed by atoms with Crippen LogP contribution < -0.4 is 9.47 Å². The molecule has 0 saturated heterocycles. The Kier molecular flexibility index (Phi) is 5.39. The molecule has 6 nitrogen and oxygen atoms in total. The largest absolute Gasteiger partial charge is 0.497 e. The van der Waals surface area contributed by atoms with Crippen LogP contribution in [0.1, 0.15) is 15.9 Å². The Hall–Kier alpha value is -3.80. The number of ether oxygens (including phenoxy) is 3. The zero-order valence-corrected chi connectivity index (χ0v) is 16.6. The molecule has 0 bridgehead atoms. The van der Waals surface area contributed by atoms with E-state index in [1.807, 2.05) is 36.4 Å². The van der Waals surface area contributed by atoms with Crippen LogP contribution in [0.5, 0.6) is 11.5 Å². The SMILES string of the molecule is COc1ccc(C(=O)COC(=O)Cc2coc3ccc4ccccc4c23)c(OC)c1. The Morgan fingerprint density at radius 1 is 0.967 bits per heavy atom. The van der Waals surface area contributed by atoms with E-state index in [0.29, 0.717) is 22.6 Å². The minimum absolute atomic E-state index is 0.00797. The molecule has 0 unspecified atom stereocenters. The van der Waals surface area contributed by atoms with E-state index in [4.69, 9.17) is 18.6 Å². The molecule has 4 aromatic rings. The molecule has 1 aromatic heterocycles. The van der Waals surface area contributed by atoms with Crippen molar-refractivity contribution in [1.29, 1.82) is 0 Å². The van der Waals surface area contributed by atoms with Crippen LogP contribution in [0.2, 0.25) is 0 Å². The van der Waals surface area contributed by atoms with Gasteiger partial charge in [-0.2, -0.15) is 0 Å². The first kappa shape index (κ1) is 19.5. The average molecular weight is 404 g/mol. The number of hydrogen-bond acceptors (Lipinski definition) is 6. The van der Waals surface area contributed by atoms with Crippen molar-refractivity contribution in [2.45, 2.75) is 6.42 Å². The zero-order valence-electron chi connectivity index (χ0n) is 16.6. The molecule has 0 radical (unpaired) electrons. The molecule has 152 valence electrons. The minimum atomic E-state index is -0.508. The van der Waals surface area contributed by atoms with Gasteiger partial charge in [0.25, 0.3) is 0 Å². The predicted octanol–water partition coefficient (Wildman–Crippen LogP) is 4.57. The Bertz CT molecular complexity index is 1240. The van der Waals surface area contributed by atoms with Gasteiger partial charge in [0, 0.05) is 17.0 Å². The van der Waals surface area contributed by atoms with Crippen molar-refractivity contribution in [3.05, 3.63) is 72.0 Å². The van der Waals surface area contributed by atoms with Crippen molar-refractivity contribution < 1.29 is 28.2 Å². The van der Waals surface area contributed by atoms with Gasteiger partial charge in [-0.1, -0.05) is 30.3 Å². The summed E-state index contributed by atoms with van der Waals surface area (Å²) < 4.78 is 21.2. The summed E-state index contributed by atoms with van der Waals surface area (Å²) in [6.07, 6.45) is 1.57. The molecule has 0 saturated carbocycles. The Labute approximate surface area is 172 Å². The smallest absolute Gasteiger partial charge is 0.310 e. The Morgan fingerprint density at radius 2 is 1.80 bits per heavy atom. The maximum atomic E-state index is 12.5. The fourth-order valence-corrected chi connectivity index (χ4v) is 3.46. The number of rotatable bonds is 7. The van der Waals surface area contributed by atoms with Gasteiger partial charge in [0.15, 0.2) is 6.61 Å². The third kappa shape index (κ3) is 3.72. The number of carbonyl (C=O) groups excluding carboxylic acids is 2. The van der Waals surface area contributed by atoms with Gasteiger partial charge < -0.3 is 18.6 Å². The number of furan rings is 1. The van der Waals surface area contributed by atoms with Crippen LogP contribution in [0.3, 0.4) is 0 Å². The molecule has 0 atom stereocenters. The molecule has 0 aliphatic rings. The van der Waals surface area contributed by atoms with E-state index in [0.717, 1.165) is 21.7 Å². The Balaban J connectivity index is 1.48. The molecular weight excluding hydrogens is 384 g/mol. The van der Waals surface area contributed by atoms with Gasteiger partial charge >= 0.3 is 5.97 Å². The summed E-state index contributed by atoms with van der Waals surface area (Å²) in [7, 11) is 2.99. The summed E-state index contributed by atoms with van der Waals surface area (Å²) in [6, 6.07) is 16.6. The molecule has 4 rings (SSSR count). The second-order valence-electron chi connectivity index (χ2n) is 6.75. The summed E-state index contributed by atoms with van der Waals surface area (Å²) in [5, 5.41) is 2.95. The van der Waals surface area contributed by atoms with Crippen molar-refractivity contribution in [3.8, 4) is 11.5 Å². The lowest BCUT2D eigenvalue weighted by molar-refractivity contribution is -0.141. The molecule has 3 aromatic carbocycles. The van der Waals surface area contributed by atoms with Gasteiger partial charge in [-0.05, 0) is 29.0 Å². The first-order chi connectivity index (χ1) is 14.6. The van der Waals surface area contributed by atoms with Crippen molar-refractivity contribution in [2.24, 2.45) is 0 Å². The third-order valence-corrected chi connectivity index (χ3v) is 4.95. The van der Waals surface area contributed by atoms with Gasteiger partial charge in [0.2, 0.25) is 5.78 Å². The maximum Gasteiger partial charge on any atom is 0.310 e. The first-order valence-corrected chi connectivity index (χ1v) is 9.39. The molecule has 1 heterocycles. The highest BCUT2D eigenvalue weighted by atomic mass is 16.5. The quantitative estimate of drug-likeness (QED) is 0.332. The first-order valence-electron chi connectivity index (χ1n) is 9.39. The Morgan fingerprint density at radius 3 is 2.60 bits per heavy atom. The van der Waals surface area contributed by atoms with Crippen molar-refractivity contribution >= 4 is 33.5 Å². The van der Waals surface area contributed by atoms with Crippen LogP contribution >= 0.6 is 0 Å². The van der Waals surface area contributed by atoms with E-state index in [9.17, 15) is 9.59 Å². The molecule has 0 amide bonds. The summed E-state index contributed by atoms with van der Waals surface area (Å²) in [4.78, 5) is 24.9. The summed E-state index contributed by atoms with van der Waals surface area (Å²) in [5.41, 5.74) is 1.75. The average Bonchev–Trinajstić information content (AvgIpc) is 3.20. The second kappa shape index (κ2) is 8.29. The van der Waals surface area contributed by atoms with Crippen LogP contribution in [0.15, 0.2) is 65.3 Å². The molecule has 0 aliphatic heterocycles. The van der Waals surface area contributed by atoms with Gasteiger partial charge in [0.05, 0.1) is 32.5 Å². The van der Waals surface area contributed by atoms with Crippen LogP contribution in [-0.2, 0) is 16.0 Å². The lowest BCUT2D eigenvalue weighted by atomic mass is 10.0. The molecule has 0 fully saturated rings. The standard InChI is InChI=1S/C24H20O6/c1-27-17-8-9-19(22(12-17)28-2)20(25)14-30-23(26)11-16-13-29-21-10-7-15-5-3-4-6-18(15)24(16)21/h3-10,12-13H,11,14H2,1-2H3. The lowest BCUT2D eigenvalue weighted by Crippen LogP contribution is -2.16. The molecular formula is C24H20O6. The normalized spacial score (nSPS) is 10.9. The number of fused-ring (bicyclic) bond motifs is 3. The van der Waals surface area contributed by atoms with Crippen LogP contribution in [-0.4, -0.2) is 32.6 Å². The van der Waals surface area contributed by atoms with Gasteiger partial charge in [0.1, 0.15) is 17.1 Å².